The number of hydrogen-bond acceptors (Lipinski definition) is 10. The number of ether oxygens (including phenoxy) is 4. The molecule has 0 saturated carbocycles. The van der Waals surface area contributed by atoms with Gasteiger partial charge in [-0.1, -0.05) is 54.6 Å². The highest BCUT2D eigenvalue weighted by atomic mass is 16.6. The molecular formula is C31H30N4O8. The number of benzene rings is 3. The fraction of sp³-hybridized carbons (Fsp3) is 0.258. The van der Waals surface area contributed by atoms with Gasteiger partial charge in [-0.3, -0.25) is 4.57 Å². The van der Waals surface area contributed by atoms with Crippen LogP contribution >= 0.6 is 0 Å². The van der Waals surface area contributed by atoms with Crippen molar-refractivity contribution in [3.63, 3.8) is 0 Å². The molecule has 4 aromatic rings. The van der Waals surface area contributed by atoms with Gasteiger partial charge in [0.1, 0.15) is 37.0 Å². The van der Waals surface area contributed by atoms with Crippen LogP contribution < -0.4 is 25.8 Å². The van der Waals surface area contributed by atoms with Crippen LogP contribution in [0.15, 0.2) is 83.8 Å². The number of carbonyl (C=O) groups is 1. The first-order chi connectivity index (χ1) is 21.0. The first-order valence-corrected chi connectivity index (χ1v) is 13.8. The van der Waals surface area contributed by atoms with Gasteiger partial charge in [-0.2, -0.15) is 4.98 Å². The fourth-order valence-electron chi connectivity index (χ4n) is 4.93. The van der Waals surface area contributed by atoms with E-state index >= 15 is 0 Å². The number of aromatic nitrogens is 2. The van der Waals surface area contributed by atoms with Crippen LogP contribution in [-0.4, -0.2) is 57.8 Å². The summed E-state index contributed by atoms with van der Waals surface area (Å²) in [6, 6.07) is 23.0. The maximum Gasteiger partial charge on any atom is 0.407 e. The Hall–Kier alpha value is -4.91. The van der Waals surface area contributed by atoms with Gasteiger partial charge in [0.25, 0.3) is 0 Å². The minimum Gasteiger partial charge on any atom is -0.489 e. The maximum absolute atomic E-state index is 12.7. The van der Waals surface area contributed by atoms with Crippen molar-refractivity contribution in [2.24, 2.45) is 0 Å². The summed E-state index contributed by atoms with van der Waals surface area (Å²) in [6.45, 7) is 0.102. The Bertz CT molecular complexity index is 1660. The lowest BCUT2D eigenvalue weighted by Crippen LogP contribution is -2.29. The lowest BCUT2D eigenvalue weighted by molar-refractivity contribution is -0.0459. The standard InChI is InChI=1S/C31H30N4O8/c36-17-26-22(37)15-27(43-26)35-16-25-29(34-30(35)38)33-28-23(10-5-11-24(28)42-25)40-13-12-32-31(39)41-18-19-6-4-9-21(14-19)20-7-2-1-3-8-20/h1-11,14,16,22,26-27,36-37H,12-13,15,17-18H2,(H,32,39)(H,33,34,38)/t22-,26-,27-/m1/s1. The van der Waals surface area contributed by atoms with E-state index in [1.165, 1.54) is 10.8 Å². The molecule has 0 spiro atoms. The largest absolute Gasteiger partial charge is 0.489 e. The van der Waals surface area contributed by atoms with E-state index in [1.807, 2.05) is 54.6 Å². The fourth-order valence-corrected chi connectivity index (χ4v) is 4.93. The number of nitrogens with zero attached hydrogens (tertiary/aromatic N) is 2. The highest BCUT2D eigenvalue weighted by Gasteiger charge is 2.36. The molecular weight excluding hydrogens is 556 g/mol. The van der Waals surface area contributed by atoms with Crippen LogP contribution in [0.2, 0.25) is 0 Å². The summed E-state index contributed by atoms with van der Waals surface area (Å²) in [5.74, 6) is 1.37. The average molecular weight is 587 g/mol. The number of aliphatic hydroxyl groups excluding tert-OH is 2. The molecule has 3 heterocycles. The van der Waals surface area contributed by atoms with Crippen molar-refractivity contribution in [1.29, 1.82) is 0 Å². The monoisotopic (exact) mass is 586 g/mol. The number of aliphatic hydroxyl groups is 2. The predicted molar refractivity (Wildman–Crippen MR) is 155 cm³/mol. The van der Waals surface area contributed by atoms with Crippen molar-refractivity contribution in [3.8, 4) is 28.4 Å². The third-order valence-corrected chi connectivity index (χ3v) is 7.10. The third kappa shape index (κ3) is 6.31. The normalized spacial score (nSPS) is 18.5. The summed E-state index contributed by atoms with van der Waals surface area (Å²) in [4.78, 5) is 29.1. The molecule has 0 aliphatic carbocycles. The summed E-state index contributed by atoms with van der Waals surface area (Å²) in [5, 5.41) is 25.2. The quantitative estimate of drug-likeness (QED) is 0.188. The first-order valence-electron chi connectivity index (χ1n) is 13.8. The van der Waals surface area contributed by atoms with E-state index in [0.717, 1.165) is 16.7 Å². The van der Waals surface area contributed by atoms with E-state index in [1.54, 1.807) is 18.2 Å². The van der Waals surface area contributed by atoms with Gasteiger partial charge in [-0.25, -0.2) is 9.59 Å². The van der Waals surface area contributed by atoms with Crippen LogP contribution in [0.3, 0.4) is 0 Å². The van der Waals surface area contributed by atoms with E-state index in [0.29, 0.717) is 17.2 Å². The number of amides is 1. The predicted octanol–water partition coefficient (Wildman–Crippen LogP) is 3.71. The number of para-hydroxylation sites is 1. The highest BCUT2D eigenvalue weighted by molar-refractivity contribution is 5.77. The number of rotatable bonds is 9. The highest BCUT2D eigenvalue weighted by Crippen LogP contribution is 2.45. The van der Waals surface area contributed by atoms with Gasteiger partial charge < -0.3 is 39.8 Å². The van der Waals surface area contributed by atoms with Gasteiger partial charge in [0.15, 0.2) is 17.3 Å². The topological polar surface area (TPSA) is 153 Å². The van der Waals surface area contributed by atoms with E-state index in [2.05, 4.69) is 15.6 Å². The molecule has 2 aliphatic heterocycles. The average Bonchev–Trinajstić information content (AvgIpc) is 3.41. The Morgan fingerprint density at radius 2 is 1.88 bits per heavy atom. The van der Waals surface area contributed by atoms with Crippen molar-refractivity contribution in [3.05, 3.63) is 95.0 Å². The molecule has 3 aromatic carbocycles. The Morgan fingerprint density at radius 3 is 2.70 bits per heavy atom. The molecule has 1 amide bonds. The zero-order valence-electron chi connectivity index (χ0n) is 23.0. The number of fused-ring (bicyclic) bond motifs is 2. The molecule has 2 aliphatic rings. The smallest absolute Gasteiger partial charge is 0.407 e. The number of nitrogens with one attached hydrogen (secondary N) is 2. The molecule has 12 nitrogen and oxygen atoms in total. The van der Waals surface area contributed by atoms with Gasteiger partial charge in [0.2, 0.25) is 0 Å². The van der Waals surface area contributed by atoms with Crippen LogP contribution in [0, 0.1) is 0 Å². The Morgan fingerprint density at radius 1 is 1.07 bits per heavy atom. The van der Waals surface area contributed by atoms with Gasteiger partial charge >= 0.3 is 11.8 Å². The number of anilines is 2. The molecule has 0 radical (unpaired) electrons. The lowest BCUT2D eigenvalue weighted by Gasteiger charge is -2.24. The zero-order chi connectivity index (χ0) is 29.8. The summed E-state index contributed by atoms with van der Waals surface area (Å²) in [5.41, 5.74) is 2.87. The number of carbonyl (C=O) groups excluding carboxylic acids is 1. The first kappa shape index (κ1) is 28.2. The minimum atomic E-state index is -0.897. The molecule has 12 heteroatoms. The summed E-state index contributed by atoms with van der Waals surface area (Å²) in [7, 11) is 0. The van der Waals surface area contributed by atoms with Gasteiger partial charge in [0, 0.05) is 6.42 Å². The van der Waals surface area contributed by atoms with Crippen LogP contribution in [0.5, 0.6) is 17.2 Å². The van der Waals surface area contributed by atoms with Crippen LogP contribution in [-0.2, 0) is 16.1 Å². The van der Waals surface area contributed by atoms with E-state index in [9.17, 15) is 19.8 Å². The molecule has 1 saturated heterocycles. The molecule has 6 rings (SSSR count). The Labute approximate surface area is 246 Å². The van der Waals surface area contributed by atoms with Crippen molar-refractivity contribution >= 4 is 17.6 Å². The molecule has 222 valence electrons. The molecule has 1 fully saturated rings. The van der Waals surface area contributed by atoms with Crippen molar-refractivity contribution < 1.29 is 34.0 Å². The Balaban J connectivity index is 1.02. The lowest BCUT2D eigenvalue weighted by atomic mass is 10.0. The van der Waals surface area contributed by atoms with Gasteiger partial charge in [-0.05, 0) is 34.9 Å². The SMILES string of the molecule is O=C(NCCOc1cccc2c1Nc1nc(=O)n([C@H]3C[C@@H](O)[C@@H](CO)O3)cc1O2)OCc1cccc(-c2ccccc2)c1. The van der Waals surface area contributed by atoms with Crippen molar-refractivity contribution in [2.75, 3.05) is 25.1 Å². The van der Waals surface area contributed by atoms with Crippen LogP contribution in [0.4, 0.5) is 16.3 Å². The molecule has 1 aromatic heterocycles. The number of alkyl carbamates (subject to hydrolysis) is 1. The summed E-state index contributed by atoms with van der Waals surface area (Å²) in [6.07, 6.45) is -1.43. The second-order valence-corrected chi connectivity index (χ2v) is 10.0. The molecule has 4 N–H and O–H groups in total. The van der Waals surface area contributed by atoms with Gasteiger partial charge in [0.05, 0.1) is 25.5 Å². The minimum absolute atomic E-state index is 0.129. The van der Waals surface area contributed by atoms with Crippen LogP contribution in [0.1, 0.15) is 18.2 Å². The zero-order valence-corrected chi connectivity index (χ0v) is 23.0. The second kappa shape index (κ2) is 12.5. The van der Waals surface area contributed by atoms with Crippen molar-refractivity contribution in [2.45, 2.75) is 31.5 Å². The molecule has 0 unspecified atom stereocenters. The third-order valence-electron chi connectivity index (χ3n) is 7.10. The summed E-state index contributed by atoms with van der Waals surface area (Å²) < 4.78 is 24.0. The molecule has 43 heavy (non-hydrogen) atoms. The maximum atomic E-state index is 12.7. The van der Waals surface area contributed by atoms with Gasteiger partial charge in [-0.15, -0.1) is 0 Å². The second-order valence-electron chi connectivity index (χ2n) is 10.0. The Kier molecular flexibility index (Phi) is 8.22. The molecule has 0 bridgehead atoms. The van der Waals surface area contributed by atoms with E-state index < -0.39 is 30.2 Å². The van der Waals surface area contributed by atoms with E-state index in [4.69, 9.17) is 18.9 Å². The van der Waals surface area contributed by atoms with E-state index in [-0.39, 0.29) is 44.4 Å². The van der Waals surface area contributed by atoms with Crippen LogP contribution in [0.25, 0.3) is 11.1 Å². The molecule has 3 atom stereocenters. The summed E-state index contributed by atoms with van der Waals surface area (Å²) >= 11 is 0. The number of hydrogen-bond donors (Lipinski definition) is 4. The van der Waals surface area contributed by atoms with Crippen molar-refractivity contribution in [1.82, 2.24) is 14.9 Å².